The molecule has 0 aromatic carbocycles. The van der Waals surface area contributed by atoms with E-state index in [4.69, 9.17) is 5.11 Å². The summed E-state index contributed by atoms with van der Waals surface area (Å²) < 4.78 is 0.857. The zero-order chi connectivity index (χ0) is 9.84. The fourth-order valence-electron chi connectivity index (χ4n) is 0.993. The summed E-state index contributed by atoms with van der Waals surface area (Å²) in [4.78, 5) is 21.5. The van der Waals surface area contributed by atoms with Crippen LogP contribution < -0.4 is 10.6 Å². The van der Waals surface area contributed by atoms with E-state index in [1.807, 2.05) is 0 Å². The van der Waals surface area contributed by atoms with Crippen molar-refractivity contribution < 1.29 is 14.7 Å². The van der Waals surface area contributed by atoms with Crippen molar-refractivity contribution >= 4 is 27.9 Å². The van der Waals surface area contributed by atoms with Gasteiger partial charge in [0.15, 0.2) is 0 Å². The fraction of sp³-hybridized carbons (Fsp3) is 0.429. The Bertz CT molecular complexity index is 264. The molecule has 5 nitrogen and oxygen atoms in total. The van der Waals surface area contributed by atoms with Gasteiger partial charge in [0.25, 0.3) is 0 Å². The van der Waals surface area contributed by atoms with E-state index in [1.165, 1.54) is 0 Å². The third-order valence-electron chi connectivity index (χ3n) is 1.62. The van der Waals surface area contributed by atoms with Crippen LogP contribution in [0.15, 0.2) is 10.6 Å². The third-order valence-corrected chi connectivity index (χ3v) is 2.22. The van der Waals surface area contributed by atoms with Crippen molar-refractivity contribution in [2.45, 2.75) is 12.5 Å². The van der Waals surface area contributed by atoms with Crippen LogP contribution >= 0.6 is 15.9 Å². The van der Waals surface area contributed by atoms with Crippen LogP contribution in [-0.4, -0.2) is 29.7 Å². The minimum atomic E-state index is -1.19. The second kappa shape index (κ2) is 4.27. The molecule has 0 aromatic rings. The van der Waals surface area contributed by atoms with Crippen molar-refractivity contribution in [3.8, 4) is 0 Å². The Labute approximate surface area is 83.3 Å². The normalized spacial score (nSPS) is 22.7. The summed E-state index contributed by atoms with van der Waals surface area (Å²) in [7, 11) is 0. The van der Waals surface area contributed by atoms with Crippen molar-refractivity contribution in [1.82, 2.24) is 10.6 Å². The zero-order valence-corrected chi connectivity index (χ0v) is 8.30. The average molecular weight is 249 g/mol. The number of carbonyl (C=O) groups is 2. The summed E-state index contributed by atoms with van der Waals surface area (Å²) in [5.74, 6) is -0.298. The summed E-state index contributed by atoms with van der Waals surface area (Å²) in [6.07, 6.45) is 0.962. The lowest BCUT2D eigenvalue weighted by molar-refractivity contribution is -0.122. The Balaban J connectivity index is 2.61. The lowest BCUT2D eigenvalue weighted by Crippen LogP contribution is -2.45. The standard InChI is InChI=1S/C7H9BrN2O3/c8-4-1-2-5(10-7(12)13)6(11)9-3-4/h1,5,10H,2-3H2,(H,9,11)(H,12,13)/t5-/m1/s1. The van der Waals surface area contributed by atoms with Gasteiger partial charge in [0.1, 0.15) is 6.04 Å². The molecule has 0 saturated carbocycles. The van der Waals surface area contributed by atoms with E-state index >= 15 is 0 Å². The van der Waals surface area contributed by atoms with E-state index in [0.29, 0.717) is 13.0 Å². The maximum absolute atomic E-state index is 11.2. The van der Waals surface area contributed by atoms with Gasteiger partial charge in [0.2, 0.25) is 5.91 Å². The van der Waals surface area contributed by atoms with Gasteiger partial charge < -0.3 is 15.7 Å². The van der Waals surface area contributed by atoms with E-state index in [-0.39, 0.29) is 5.91 Å². The number of rotatable bonds is 1. The predicted molar refractivity (Wildman–Crippen MR) is 49.6 cm³/mol. The third kappa shape index (κ3) is 3.06. The lowest BCUT2D eigenvalue weighted by Gasteiger charge is -2.11. The van der Waals surface area contributed by atoms with E-state index < -0.39 is 12.1 Å². The molecule has 0 aromatic heterocycles. The monoisotopic (exact) mass is 248 g/mol. The molecular weight excluding hydrogens is 240 g/mol. The number of carboxylic acid groups (broad SMARTS) is 1. The predicted octanol–water partition coefficient (Wildman–Crippen LogP) is 0.421. The molecule has 6 heteroatoms. The van der Waals surface area contributed by atoms with Crippen molar-refractivity contribution in [2.24, 2.45) is 0 Å². The van der Waals surface area contributed by atoms with Crippen LogP contribution in [0.3, 0.4) is 0 Å². The number of carbonyl (C=O) groups excluding carboxylic acids is 1. The van der Waals surface area contributed by atoms with Crippen LogP contribution in [0.25, 0.3) is 0 Å². The zero-order valence-electron chi connectivity index (χ0n) is 6.71. The smallest absolute Gasteiger partial charge is 0.405 e. The minimum Gasteiger partial charge on any atom is -0.465 e. The van der Waals surface area contributed by atoms with Crippen molar-refractivity contribution in [3.05, 3.63) is 10.6 Å². The van der Waals surface area contributed by atoms with E-state index in [9.17, 15) is 9.59 Å². The molecule has 0 unspecified atom stereocenters. The summed E-state index contributed by atoms with van der Waals surface area (Å²) in [6, 6.07) is -0.687. The highest BCUT2D eigenvalue weighted by molar-refractivity contribution is 9.11. The highest BCUT2D eigenvalue weighted by Gasteiger charge is 2.21. The summed E-state index contributed by atoms with van der Waals surface area (Å²) in [5.41, 5.74) is 0. The van der Waals surface area contributed by atoms with Gasteiger partial charge >= 0.3 is 6.09 Å². The molecule has 2 amide bonds. The topological polar surface area (TPSA) is 78.4 Å². The molecule has 1 aliphatic heterocycles. The first-order valence-electron chi connectivity index (χ1n) is 3.71. The number of halogens is 1. The first kappa shape index (κ1) is 10.0. The van der Waals surface area contributed by atoms with E-state index in [0.717, 1.165) is 4.48 Å². The van der Waals surface area contributed by atoms with Gasteiger partial charge in [-0.15, -0.1) is 0 Å². The molecule has 0 spiro atoms. The van der Waals surface area contributed by atoms with E-state index in [1.54, 1.807) is 6.08 Å². The first-order chi connectivity index (χ1) is 6.09. The second-order valence-electron chi connectivity index (χ2n) is 2.61. The Morgan fingerprint density at radius 3 is 3.08 bits per heavy atom. The van der Waals surface area contributed by atoms with Crippen LogP contribution in [0.4, 0.5) is 4.79 Å². The van der Waals surface area contributed by atoms with Gasteiger partial charge in [-0.3, -0.25) is 4.79 Å². The highest BCUT2D eigenvalue weighted by Crippen LogP contribution is 2.09. The molecule has 1 rings (SSSR count). The Hall–Kier alpha value is -1.04. The Morgan fingerprint density at radius 2 is 2.46 bits per heavy atom. The van der Waals surface area contributed by atoms with Crippen molar-refractivity contribution in [3.63, 3.8) is 0 Å². The first-order valence-corrected chi connectivity index (χ1v) is 4.50. The van der Waals surface area contributed by atoms with Gasteiger partial charge in [-0.25, -0.2) is 4.79 Å². The molecule has 1 heterocycles. The molecule has 13 heavy (non-hydrogen) atoms. The Kier molecular flexibility index (Phi) is 3.30. The molecule has 1 atom stereocenters. The van der Waals surface area contributed by atoms with Gasteiger partial charge in [-0.2, -0.15) is 0 Å². The summed E-state index contributed by atoms with van der Waals surface area (Å²) in [5, 5.41) is 13.1. The quantitative estimate of drug-likeness (QED) is 0.630. The molecule has 0 saturated heterocycles. The van der Waals surface area contributed by atoms with Gasteiger partial charge in [0.05, 0.1) is 0 Å². The lowest BCUT2D eigenvalue weighted by atomic mass is 10.2. The number of hydrogen-bond acceptors (Lipinski definition) is 2. The van der Waals surface area contributed by atoms with Crippen LogP contribution in [0.1, 0.15) is 6.42 Å². The molecule has 1 aliphatic rings. The minimum absolute atomic E-state index is 0.298. The van der Waals surface area contributed by atoms with Crippen LogP contribution in [0.5, 0.6) is 0 Å². The average Bonchev–Trinajstić information content (AvgIpc) is 2.19. The van der Waals surface area contributed by atoms with Crippen molar-refractivity contribution in [1.29, 1.82) is 0 Å². The highest BCUT2D eigenvalue weighted by atomic mass is 79.9. The molecule has 0 fully saturated rings. The fourth-order valence-corrected chi connectivity index (χ4v) is 1.32. The maximum atomic E-state index is 11.2. The van der Waals surface area contributed by atoms with Gasteiger partial charge in [0, 0.05) is 11.0 Å². The van der Waals surface area contributed by atoms with Crippen molar-refractivity contribution in [2.75, 3.05) is 6.54 Å². The number of amides is 2. The molecule has 0 bridgehead atoms. The maximum Gasteiger partial charge on any atom is 0.405 e. The molecular formula is C7H9BrN2O3. The van der Waals surface area contributed by atoms with Crippen LogP contribution in [-0.2, 0) is 4.79 Å². The Morgan fingerprint density at radius 1 is 1.77 bits per heavy atom. The molecule has 0 aliphatic carbocycles. The molecule has 0 radical (unpaired) electrons. The van der Waals surface area contributed by atoms with Crippen LogP contribution in [0, 0.1) is 0 Å². The molecule has 72 valence electrons. The SMILES string of the molecule is O=C(O)N[C@@H]1CC=C(Br)CNC1=O. The largest absolute Gasteiger partial charge is 0.465 e. The number of hydrogen-bond donors (Lipinski definition) is 3. The van der Waals surface area contributed by atoms with Gasteiger partial charge in [-0.05, 0) is 6.42 Å². The summed E-state index contributed by atoms with van der Waals surface area (Å²) >= 11 is 3.23. The summed E-state index contributed by atoms with van der Waals surface area (Å²) in [6.45, 7) is 0.413. The number of nitrogens with one attached hydrogen (secondary N) is 2. The van der Waals surface area contributed by atoms with Gasteiger partial charge in [-0.1, -0.05) is 22.0 Å². The van der Waals surface area contributed by atoms with E-state index in [2.05, 4.69) is 26.6 Å². The second-order valence-corrected chi connectivity index (χ2v) is 3.63. The molecule has 3 N–H and O–H groups in total. The van der Waals surface area contributed by atoms with Crippen LogP contribution in [0.2, 0.25) is 0 Å².